The zero-order chi connectivity index (χ0) is 11.9. The van der Waals surface area contributed by atoms with Crippen LogP contribution in [0.15, 0.2) is 0 Å². The van der Waals surface area contributed by atoms with E-state index in [0.29, 0.717) is 6.42 Å². The molecule has 1 amide bonds. The molecule has 2 aliphatic rings. The summed E-state index contributed by atoms with van der Waals surface area (Å²) in [6.07, 6.45) is -0.935. The molecular formula is C9H14NNaO5S. The van der Waals surface area contributed by atoms with E-state index >= 15 is 0 Å². The van der Waals surface area contributed by atoms with Gasteiger partial charge in [0, 0.05) is 19.4 Å². The molecule has 2 fully saturated rings. The number of nitrogens with zero attached hydrogens (tertiary/aromatic N) is 1. The number of ether oxygens (including phenoxy) is 1. The SMILES string of the molecule is COC(O)C1(C(=O)O)CS[C@@H]2CC(=O)N2C1.[NaH]. The van der Waals surface area contributed by atoms with Gasteiger partial charge in [-0.15, -0.1) is 11.8 Å². The Morgan fingerprint density at radius 1 is 1.71 bits per heavy atom. The number of aliphatic hydroxyl groups is 1. The number of fused-ring (bicyclic) bond motifs is 1. The summed E-state index contributed by atoms with van der Waals surface area (Å²) >= 11 is 1.38. The first-order chi connectivity index (χ1) is 7.51. The normalized spacial score (nSPS) is 33.2. The topological polar surface area (TPSA) is 87.1 Å². The fraction of sp³-hybridized carbons (Fsp3) is 0.778. The summed E-state index contributed by atoms with van der Waals surface area (Å²) in [6, 6.07) is 0. The fourth-order valence-electron chi connectivity index (χ4n) is 1.97. The van der Waals surface area contributed by atoms with Crippen LogP contribution in [0.25, 0.3) is 0 Å². The van der Waals surface area contributed by atoms with Crippen LogP contribution in [-0.2, 0) is 14.3 Å². The van der Waals surface area contributed by atoms with E-state index in [1.165, 1.54) is 23.8 Å². The molecule has 0 aromatic rings. The standard InChI is InChI=1S/C9H13NO5S.Na.H/c1-15-8(14)9(7(12)13)3-10-5(11)2-6(10)16-4-9;;/h6,8,14H,2-4H2,1H3,(H,12,13);;/t6-,8?,9?;;/m1../s1. The van der Waals surface area contributed by atoms with E-state index in [2.05, 4.69) is 0 Å². The second kappa shape index (κ2) is 5.46. The van der Waals surface area contributed by atoms with Crippen molar-refractivity contribution in [2.75, 3.05) is 19.4 Å². The van der Waals surface area contributed by atoms with Gasteiger partial charge in [0.2, 0.25) is 5.91 Å². The fourth-order valence-corrected chi connectivity index (χ4v) is 3.45. The Kier molecular flexibility index (Phi) is 4.90. The van der Waals surface area contributed by atoms with Crippen molar-refractivity contribution in [1.82, 2.24) is 4.90 Å². The predicted molar refractivity (Wildman–Crippen MR) is 62.8 cm³/mol. The van der Waals surface area contributed by atoms with E-state index in [9.17, 15) is 19.8 Å². The number of hydrogen-bond donors (Lipinski definition) is 2. The Morgan fingerprint density at radius 3 is 2.82 bits per heavy atom. The quantitative estimate of drug-likeness (QED) is 0.376. The number of β-lactam (4-membered cyclic amide) rings is 1. The van der Waals surface area contributed by atoms with Gasteiger partial charge in [-0.1, -0.05) is 0 Å². The summed E-state index contributed by atoms with van der Waals surface area (Å²) in [5.74, 6) is -0.940. The zero-order valence-corrected chi connectivity index (χ0v) is 9.57. The van der Waals surface area contributed by atoms with Crippen LogP contribution in [0.4, 0.5) is 0 Å². The van der Waals surface area contributed by atoms with Crippen molar-refractivity contribution in [3.8, 4) is 0 Å². The van der Waals surface area contributed by atoms with Gasteiger partial charge in [0.25, 0.3) is 0 Å². The molecule has 6 nitrogen and oxygen atoms in total. The summed E-state index contributed by atoms with van der Waals surface area (Å²) in [4.78, 5) is 24.0. The number of carbonyl (C=O) groups is 2. The van der Waals surface area contributed by atoms with Gasteiger partial charge in [-0.25, -0.2) is 0 Å². The van der Waals surface area contributed by atoms with Gasteiger partial charge in [-0.05, 0) is 0 Å². The number of carbonyl (C=O) groups excluding carboxylic acids is 1. The molecule has 0 radical (unpaired) electrons. The molecule has 0 aliphatic carbocycles. The third kappa shape index (κ3) is 2.36. The average Bonchev–Trinajstić information content (AvgIpc) is 2.26. The van der Waals surface area contributed by atoms with Gasteiger partial charge in [0.1, 0.15) is 5.41 Å². The van der Waals surface area contributed by atoms with Crippen molar-refractivity contribution in [2.24, 2.45) is 5.41 Å². The molecule has 2 saturated heterocycles. The number of carboxylic acid groups (broad SMARTS) is 1. The van der Waals surface area contributed by atoms with E-state index in [4.69, 9.17) is 4.74 Å². The van der Waals surface area contributed by atoms with Gasteiger partial charge in [0.15, 0.2) is 6.29 Å². The summed E-state index contributed by atoms with van der Waals surface area (Å²) in [7, 11) is 1.25. The van der Waals surface area contributed by atoms with E-state index in [-0.39, 0.29) is 53.1 Å². The third-order valence-electron chi connectivity index (χ3n) is 3.12. The van der Waals surface area contributed by atoms with Crippen molar-refractivity contribution in [1.29, 1.82) is 0 Å². The maximum absolute atomic E-state index is 11.3. The van der Waals surface area contributed by atoms with Gasteiger partial charge < -0.3 is 19.8 Å². The van der Waals surface area contributed by atoms with Crippen molar-refractivity contribution in [3.63, 3.8) is 0 Å². The number of aliphatic hydroxyl groups excluding tert-OH is 1. The van der Waals surface area contributed by atoms with Gasteiger partial charge in [-0.2, -0.15) is 0 Å². The number of amides is 1. The molecule has 8 heteroatoms. The van der Waals surface area contributed by atoms with Gasteiger partial charge in [-0.3, -0.25) is 9.59 Å². The third-order valence-corrected chi connectivity index (χ3v) is 4.61. The second-order valence-corrected chi connectivity index (χ2v) is 5.21. The Balaban J connectivity index is 0.00000144. The Labute approximate surface area is 125 Å². The van der Waals surface area contributed by atoms with Crippen LogP contribution >= 0.6 is 11.8 Å². The van der Waals surface area contributed by atoms with Crippen LogP contribution in [0.2, 0.25) is 0 Å². The minimum atomic E-state index is -1.41. The van der Waals surface area contributed by atoms with Crippen molar-refractivity contribution in [3.05, 3.63) is 0 Å². The van der Waals surface area contributed by atoms with Crippen LogP contribution in [0.1, 0.15) is 6.42 Å². The van der Waals surface area contributed by atoms with Crippen LogP contribution in [0.5, 0.6) is 0 Å². The molecule has 17 heavy (non-hydrogen) atoms. The van der Waals surface area contributed by atoms with Gasteiger partial charge in [0.05, 0.1) is 11.8 Å². The Morgan fingerprint density at radius 2 is 2.35 bits per heavy atom. The molecule has 2 rings (SSSR count). The van der Waals surface area contributed by atoms with Crippen molar-refractivity contribution < 1.29 is 24.5 Å². The molecule has 0 bridgehead atoms. The first-order valence-electron chi connectivity index (χ1n) is 4.86. The van der Waals surface area contributed by atoms with E-state index in [1.807, 2.05) is 0 Å². The number of carboxylic acids is 1. The number of rotatable bonds is 3. The first kappa shape index (κ1) is 15.3. The monoisotopic (exact) mass is 271 g/mol. The van der Waals surface area contributed by atoms with Crippen LogP contribution in [0, 0.1) is 5.41 Å². The van der Waals surface area contributed by atoms with E-state index in [1.54, 1.807) is 0 Å². The number of hydrogen-bond acceptors (Lipinski definition) is 5. The molecule has 2 unspecified atom stereocenters. The summed E-state index contributed by atoms with van der Waals surface area (Å²) < 4.78 is 4.72. The summed E-state index contributed by atoms with van der Waals surface area (Å²) in [5.41, 5.74) is -1.41. The van der Waals surface area contributed by atoms with Crippen molar-refractivity contribution >= 4 is 53.2 Å². The molecule has 0 saturated carbocycles. The molecule has 3 atom stereocenters. The zero-order valence-electron chi connectivity index (χ0n) is 8.75. The van der Waals surface area contributed by atoms with Crippen LogP contribution in [-0.4, -0.2) is 87.6 Å². The number of aliphatic carboxylic acids is 1. The van der Waals surface area contributed by atoms with Gasteiger partial charge >= 0.3 is 35.5 Å². The maximum atomic E-state index is 11.3. The van der Waals surface area contributed by atoms with E-state index < -0.39 is 17.7 Å². The predicted octanol–water partition coefficient (Wildman–Crippen LogP) is -1.32. The number of methoxy groups -OCH3 is 1. The Bertz CT molecular complexity index is 341. The van der Waals surface area contributed by atoms with Crippen LogP contribution < -0.4 is 0 Å². The molecule has 2 N–H and O–H groups in total. The van der Waals surface area contributed by atoms with Crippen LogP contribution in [0.3, 0.4) is 0 Å². The molecule has 0 aromatic carbocycles. The summed E-state index contributed by atoms with van der Waals surface area (Å²) in [5, 5.41) is 19.0. The first-order valence-corrected chi connectivity index (χ1v) is 5.91. The molecule has 92 valence electrons. The molecule has 0 spiro atoms. The molecule has 2 heterocycles. The Hall–Kier alpha value is 0.210. The second-order valence-electron chi connectivity index (χ2n) is 4.04. The average molecular weight is 271 g/mol. The number of thioether (sulfide) groups is 1. The molecular weight excluding hydrogens is 257 g/mol. The van der Waals surface area contributed by atoms with E-state index in [0.717, 1.165) is 0 Å². The molecule has 2 aliphatic heterocycles. The van der Waals surface area contributed by atoms with Crippen molar-refractivity contribution in [2.45, 2.75) is 18.1 Å². The summed E-state index contributed by atoms with van der Waals surface area (Å²) in [6.45, 7) is 0.0217. The minimum absolute atomic E-state index is 0. The molecule has 0 aromatic heterocycles.